The summed E-state index contributed by atoms with van der Waals surface area (Å²) in [4.78, 5) is 86.2. The smallest absolute Gasteiger partial charge is 0.407 e. The summed E-state index contributed by atoms with van der Waals surface area (Å²) in [5.41, 5.74) is 0.119. The normalized spacial score (nSPS) is 17.0. The molecule has 5 rings (SSSR count). The molecule has 3 unspecified atom stereocenters. The fourth-order valence-electron chi connectivity index (χ4n) is 7.78. The van der Waals surface area contributed by atoms with E-state index in [2.05, 4.69) is 26.6 Å². The lowest BCUT2D eigenvalue weighted by molar-refractivity contribution is -0.150. The Bertz CT molecular complexity index is 1980. The van der Waals surface area contributed by atoms with E-state index in [-0.39, 0.29) is 38.9 Å². The molecule has 0 spiro atoms. The van der Waals surface area contributed by atoms with Gasteiger partial charge < -0.3 is 40.4 Å². The molecular weight excluding hydrogens is 805 g/mol. The van der Waals surface area contributed by atoms with Crippen molar-refractivity contribution in [3.8, 4) is 11.1 Å². The van der Waals surface area contributed by atoms with Crippen LogP contribution in [0.5, 0.6) is 0 Å². The highest BCUT2D eigenvalue weighted by molar-refractivity contribution is 6.01. The minimum atomic E-state index is -1.99. The van der Waals surface area contributed by atoms with Gasteiger partial charge in [-0.25, -0.2) is 9.59 Å². The van der Waals surface area contributed by atoms with Gasteiger partial charge in [0.25, 0.3) is 5.91 Å². The van der Waals surface area contributed by atoms with Crippen molar-refractivity contribution in [1.29, 1.82) is 0 Å². The lowest BCUT2D eigenvalue weighted by atomic mass is 9.76. The number of carbonyl (C=O) groups excluding carboxylic acids is 6. The van der Waals surface area contributed by atoms with Crippen molar-refractivity contribution in [2.45, 2.75) is 102 Å². The van der Waals surface area contributed by atoms with E-state index in [0.717, 1.165) is 30.4 Å². The molecular formula is C48H64N6O9. The monoisotopic (exact) mass is 868 g/mol. The van der Waals surface area contributed by atoms with Crippen molar-refractivity contribution in [3.05, 3.63) is 96.1 Å². The molecule has 0 saturated carbocycles. The van der Waals surface area contributed by atoms with Crippen molar-refractivity contribution in [2.24, 2.45) is 5.92 Å². The number of rotatable bonds is 19. The maximum Gasteiger partial charge on any atom is 0.407 e. The molecule has 2 aliphatic rings. The highest BCUT2D eigenvalue weighted by Gasteiger charge is 2.49. The number of unbranched alkanes of at least 4 members (excludes halogenated alkanes) is 2. The SMILES string of the molecule is CCCCCC(=O)NC(Cc1ccccc1-c1ccccc1)(C(=O)NC(Cc1ccccc1)C(=O)NC(=O)N1CCOCC1)C(CNC(=O)OC(C)(C)C)COC(=O)[C@@H]1CCCN1. The van der Waals surface area contributed by atoms with E-state index in [9.17, 15) is 24.0 Å². The van der Waals surface area contributed by atoms with Gasteiger partial charge in [0.1, 0.15) is 23.2 Å². The Morgan fingerprint density at radius 2 is 1.57 bits per heavy atom. The van der Waals surface area contributed by atoms with Gasteiger partial charge in [-0.15, -0.1) is 0 Å². The average Bonchev–Trinajstić information content (AvgIpc) is 3.82. The number of nitrogens with zero attached hydrogens (tertiary/aromatic N) is 1. The molecule has 63 heavy (non-hydrogen) atoms. The van der Waals surface area contributed by atoms with Gasteiger partial charge >= 0.3 is 18.1 Å². The van der Waals surface area contributed by atoms with Crippen molar-refractivity contribution in [2.75, 3.05) is 46.0 Å². The summed E-state index contributed by atoms with van der Waals surface area (Å²) in [6.07, 6.45) is 2.59. The molecule has 4 atom stereocenters. The van der Waals surface area contributed by atoms with Crippen molar-refractivity contribution in [1.82, 2.24) is 31.5 Å². The second kappa shape index (κ2) is 23.6. The third kappa shape index (κ3) is 14.6. The van der Waals surface area contributed by atoms with Gasteiger partial charge in [-0.3, -0.25) is 24.5 Å². The molecule has 2 fully saturated rings. The van der Waals surface area contributed by atoms with Crippen LogP contribution in [0.3, 0.4) is 0 Å². The molecule has 15 heteroatoms. The van der Waals surface area contributed by atoms with Crippen LogP contribution in [0, 0.1) is 5.92 Å². The summed E-state index contributed by atoms with van der Waals surface area (Å²) in [5, 5.41) is 14.5. The summed E-state index contributed by atoms with van der Waals surface area (Å²) in [7, 11) is 0. The zero-order chi connectivity index (χ0) is 45.2. The average molecular weight is 869 g/mol. The summed E-state index contributed by atoms with van der Waals surface area (Å²) in [5.74, 6) is -3.67. The van der Waals surface area contributed by atoms with Gasteiger partial charge in [-0.1, -0.05) is 105 Å². The first-order valence-electron chi connectivity index (χ1n) is 22.1. The highest BCUT2D eigenvalue weighted by Crippen LogP contribution is 2.32. The number of imide groups is 1. The molecule has 0 bridgehead atoms. The molecule has 15 nitrogen and oxygen atoms in total. The maximum atomic E-state index is 15.8. The zero-order valence-electron chi connectivity index (χ0n) is 37.0. The number of hydrogen-bond acceptors (Lipinski definition) is 10. The number of benzene rings is 3. The minimum absolute atomic E-state index is 0.0148. The quantitative estimate of drug-likeness (QED) is 0.0804. The second-order valence-corrected chi connectivity index (χ2v) is 17.1. The number of urea groups is 1. The summed E-state index contributed by atoms with van der Waals surface area (Å²) < 4.78 is 17.0. The third-order valence-electron chi connectivity index (χ3n) is 11.1. The predicted molar refractivity (Wildman–Crippen MR) is 238 cm³/mol. The molecule has 0 radical (unpaired) electrons. The zero-order valence-corrected chi connectivity index (χ0v) is 37.0. The Labute approximate surface area is 370 Å². The highest BCUT2D eigenvalue weighted by atomic mass is 16.6. The lowest BCUT2D eigenvalue weighted by Gasteiger charge is -2.41. The fraction of sp³-hybridized carbons (Fsp3) is 0.500. The van der Waals surface area contributed by atoms with Crippen molar-refractivity contribution < 1.29 is 43.0 Å². The standard InChI is InChI=1S/C48H64N6O9/c1-5-6-9-24-41(55)53-48(31-36-21-14-15-22-38(36)35-19-12-8-13-20-35,37(32-50-46(60)63-47(2,3)4)33-62-43(57)39-23-16-25-49-39)44(58)51-40(30-34-17-10-7-11-18-34)42(56)52-45(59)54-26-28-61-29-27-54/h7-8,10-15,17-22,37,39-40,49H,5-6,9,16,23-33H2,1-4H3,(H,50,60)(H,51,58)(H,53,55)(H,52,56,59)/t37?,39-,40?,48?/m0/s1. The number of ether oxygens (including phenoxy) is 3. The van der Waals surface area contributed by atoms with Crippen LogP contribution < -0.4 is 26.6 Å². The molecule has 0 aliphatic carbocycles. The third-order valence-corrected chi connectivity index (χ3v) is 11.1. The lowest BCUT2D eigenvalue weighted by Crippen LogP contribution is -2.69. The molecule has 6 amide bonds. The van der Waals surface area contributed by atoms with E-state index >= 15 is 4.79 Å². The Kier molecular flexibility index (Phi) is 18.1. The first-order valence-corrected chi connectivity index (χ1v) is 22.1. The van der Waals surface area contributed by atoms with E-state index in [0.29, 0.717) is 43.7 Å². The summed E-state index contributed by atoms with van der Waals surface area (Å²) in [6.45, 7) is 8.31. The van der Waals surface area contributed by atoms with E-state index < -0.39 is 71.6 Å². The van der Waals surface area contributed by atoms with E-state index in [1.54, 1.807) is 45.0 Å². The molecule has 2 aliphatic heterocycles. The van der Waals surface area contributed by atoms with Crippen LogP contribution >= 0.6 is 0 Å². The Balaban J connectivity index is 1.65. The van der Waals surface area contributed by atoms with Crippen molar-refractivity contribution in [3.63, 3.8) is 0 Å². The topological polar surface area (TPSA) is 193 Å². The Morgan fingerprint density at radius 3 is 2.24 bits per heavy atom. The van der Waals surface area contributed by atoms with Gasteiger partial charge in [0.05, 0.1) is 19.8 Å². The number of hydrogen-bond donors (Lipinski definition) is 5. The van der Waals surface area contributed by atoms with Gasteiger partial charge in [-0.05, 0) is 68.8 Å². The van der Waals surface area contributed by atoms with Gasteiger partial charge in [-0.2, -0.15) is 0 Å². The minimum Gasteiger partial charge on any atom is -0.464 e. The molecule has 340 valence electrons. The van der Waals surface area contributed by atoms with E-state index in [1.807, 2.05) is 67.6 Å². The maximum absolute atomic E-state index is 15.8. The second-order valence-electron chi connectivity index (χ2n) is 17.1. The number of carbonyl (C=O) groups is 6. The Morgan fingerprint density at radius 1 is 0.889 bits per heavy atom. The number of alkyl carbamates (subject to hydrolysis) is 1. The molecule has 0 aromatic heterocycles. The number of nitrogens with one attached hydrogen (secondary N) is 5. The van der Waals surface area contributed by atoms with Crippen LogP contribution in [0.25, 0.3) is 11.1 Å². The van der Waals surface area contributed by atoms with Gasteiger partial charge in [0.15, 0.2) is 0 Å². The van der Waals surface area contributed by atoms with Crippen LogP contribution in [-0.4, -0.2) is 110 Å². The Hall–Kier alpha value is -5.80. The number of morpholine rings is 1. The van der Waals surface area contributed by atoms with E-state index in [4.69, 9.17) is 14.2 Å². The van der Waals surface area contributed by atoms with Gasteiger partial charge in [0, 0.05) is 44.8 Å². The first kappa shape index (κ1) is 48.2. The van der Waals surface area contributed by atoms with Crippen LogP contribution in [0.4, 0.5) is 9.59 Å². The molecule has 3 aromatic rings. The molecule has 3 aromatic carbocycles. The van der Waals surface area contributed by atoms with Crippen LogP contribution in [0.2, 0.25) is 0 Å². The number of esters is 1. The van der Waals surface area contributed by atoms with Gasteiger partial charge in [0.2, 0.25) is 11.8 Å². The van der Waals surface area contributed by atoms with E-state index in [1.165, 1.54) is 4.90 Å². The molecule has 5 N–H and O–H groups in total. The first-order chi connectivity index (χ1) is 30.3. The largest absolute Gasteiger partial charge is 0.464 e. The van der Waals surface area contributed by atoms with Crippen LogP contribution in [0.1, 0.15) is 77.3 Å². The summed E-state index contributed by atoms with van der Waals surface area (Å²) in [6, 6.07) is 23.6. The van der Waals surface area contributed by atoms with Crippen LogP contribution in [-0.2, 0) is 46.2 Å². The molecule has 2 saturated heterocycles. The number of amides is 6. The fourth-order valence-corrected chi connectivity index (χ4v) is 7.78. The van der Waals surface area contributed by atoms with Crippen LogP contribution in [0.15, 0.2) is 84.9 Å². The molecule has 2 heterocycles. The summed E-state index contributed by atoms with van der Waals surface area (Å²) >= 11 is 0. The predicted octanol–water partition coefficient (Wildman–Crippen LogP) is 5.06. The van der Waals surface area contributed by atoms with Crippen molar-refractivity contribution >= 4 is 35.8 Å².